The lowest BCUT2D eigenvalue weighted by Gasteiger charge is -2.14. The Balaban J connectivity index is 2.25. The van der Waals surface area contributed by atoms with Crippen LogP contribution in [0.25, 0.3) is 11.4 Å². The van der Waals surface area contributed by atoms with Crippen LogP contribution in [0.4, 0.5) is 0 Å². The first-order chi connectivity index (χ1) is 8.61. The highest BCUT2D eigenvalue weighted by Gasteiger charge is 2.19. The first-order valence-electron chi connectivity index (χ1n) is 5.88. The molecule has 2 aromatic rings. The molecule has 2 atom stereocenters. The van der Waals surface area contributed by atoms with E-state index < -0.39 is 0 Å². The van der Waals surface area contributed by atoms with Crippen molar-refractivity contribution in [3.05, 3.63) is 34.6 Å². The third-order valence-electron chi connectivity index (χ3n) is 3.12. The van der Waals surface area contributed by atoms with Gasteiger partial charge in [0, 0.05) is 16.1 Å². The number of nitrogens with one attached hydrogen (secondary N) is 1. The van der Waals surface area contributed by atoms with Gasteiger partial charge in [0.05, 0.1) is 5.92 Å². The zero-order chi connectivity index (χ0) is 13.1. The van der Waals surface area contributed by atoms with E-state index in [4.69, 9.17) is 4.52 Å². The van der Waals surface area contributed by atoms with E-state index in [-0.39, 0.29) is 5.92 Å². The number of rotatable bonds is 4. The van der Waals surface area contributed by atoms with E-state index in [2.05, 4.69) is 45.2 Å². The van der Waals surface area contributed by atoms with Gasteiger partial charge in [-0.25, -0.2) is 0 Å². The lowest BCUT2D eigenvalue weighted by Crippen LogP contribution is -2.27. The molecule has 2 rings (SSSR count). The van der Waals surface area contributed by atoms with Crippen LogP contribution in [0.3, 0.4) is 0 Å². The molecule has 1 heterocycles. The normalized spacial score (nSPS) is 14.4. The van der Waals surface area contributed by atoms with Gasteiger partial charge in [0.15, 0.2) is 0 Å². The Morgan fingerprint density at radius 2 is 2.11 bits per heavy atom. The summed E-state index contributed by atoms with van der Waals surface area (Å²) in [5, 5.41) is 7.22. The van der Waals surface area contributed by atoms with E-state index in [0.29, 0.717) is 17.8 Å². The minimum atomic E-state index is 0.184. The third-order valence-corrected chi connectivity index (χ3v) is 3.61. The second-order valence-electron chi connectivity index (χ2n) is 4.33. The van der Waals surface area contributed by atoms with Crippen molar-refractivity contribution in [2.75, 3.05) is 7.05 Å². The summed E-state index contributed by atoms with van der Waals surface area (Å²) in [6, 6.07) is 8.15. The molecule has 18 heavy (non-hydrogen) atoms. The van der Waals surface area contributed by atoms with Crippen LogP contribution in [-0.2, 0) is 0 Å². The largest absolute Gasteiger partial charge is 0.339 e. The summed E-state index contributed by atoms with van der Waals surface area (Å²) in [6.07, 6.45) is 0. The molecule has 0 bridgehead atoms. The summed E-state index contributed by atoms with van der Waals surface area (Å²) >= 11 is 3.43. The second kappa shape index (κ2) is 5.63. The van der Waals surface area contributed by atoms with Gasteiger partial charge in [-0.05, 0) is 26.1 Å². The SMILES string of the molecule is CNC(C)C(C)c1nc(-c2cccc(Br)c2)no1. The second-order valence-corrected chi connectivity index (χ2v) is 5.25. The van der Waals surface area contributed by atoms with Gasteiger partial charge in [-0.2, -0.15) is 4.98 Å². The average Bonchev–Trinajstić information content (AvgIpc) is 2.86. The summed E-state index contributed by atoms with van der Waals surface area (Å²) in [7, 11) is 1.92. The van der Waals surface area contributed by atoms with Crippen LogP contribution in [0.15, 0.2) is 33.3 Å². The Morgan fingerprint density at radius 3 is 2.78 bits per heavy atom. The Labute approximate surface area is 115 Å². The monoisotopic (exact) mass is 309 g/mol. The molecule has 96 valence electrons. The fourth-order valence-corrected chi connectivity index (χ4v) is 2.03. The summed E-state index contributed by atoms with van der Waals surface area (Å²) in [5.74, 6) is 1.47. The van der Waals surface area contributed by atoms with E-state index >= 15 is 0 Å². The molecule has 0 aliphatic heterocycles. The Hall–Kier alpha value is -1.20. The fourth-order valence-electron chi connectivity index (χ4n) is 1.63. The maximum atomic E-state index is 5.33. The molecule has 0 amide bonds. The Morgan fingerprint density at radius 1 is 1.33 bits per heavy atom. The number of likely N-dealkylation sites (N-methyl/N-ethyl adjacent to an activating group) is 1. The third kappa shape index (κ3) is 2.79. The number of halogens is 1. The van der Waals surface area contributed by atoms with Crippen molar-refractivity contribution in [1.29, 1.82) is 0 Å². The van der Waals surface area contributed by atoms with Gasteiger partial charge in [-0.1, -0.05) is 40.1 Å². The smallest absolute Gasteiger partial charge is 0.231 e. The van der Waals surface area contributed by atoms with E-state index in [9.17, 15) is 0 Å². The lowest BCUT2D eigenvalue weighted by molar-refractivity contribution is 0.336. The van der Waals surface area contributed by atoms with Gasteiger partial charge in [0.2, 0.25) is 11.7 Å². The molecular weight excluding hydrogens is 294 g/mol. The highest BCUT2D eigenvalue weighted by Crippen LogP contribution is 2.23. The highest BCUT2D eigenvalue weighted by atomic mass is 79.9. The topological polar surface area (TPSA) is 51.0 Å². The fraction of sp³-hybridized carbons (Fsp3) is 0.385. The summed E-state index contributed by atoms with van der Waals surface area (Å²) in [5.41, 5.74) is 0.948. The van der Waals surface area contributed by atoms with E-state index in [1.165, 1.54) is 0 Å². The lowest BCUT2D eigenvalue weighted by atomic mass is 10.0. The number of hydrogen-bond donors (Lipinski definition) is 1. The van der Waals surface area contributed by atoms with Crippen molar-refractivity contribution in [3.8, 4) is 11.4 Å². The highest BCUT2D eigenvalue weighted by molar-refractivity contribution is 9.10. The number of hydrogen-bond acceptors (Lipinski definition) is 4. The molecule has 2 unspecified atom stereocenters. The summed E-state index contributed by atoms with van der Waals surface area (Å²) in [6.45, 7) is 4.16. The van der Waals surface area contributed by atoms with Crippen molar-refractivity contribution in [1.82, 2.24) is 15.5 Å². The van der Waals surface area contributed by atoms with Crippen LogP contribution in [0.1, 0.15) is 25.7 Å². The van der Waals surface area contributed by atoms with Crippen LogP contribution >= 0.6 is 15.9 Å². The van der Waals surface area contributed by atoms with Crippen LogP contribution in [0.5, 0.6) is 0 Å². The van der Waals surface area contributed by atoms with Crippen LogP contribution in [0, 0.1) is 0 Å². The molecule has 0 saturated heterocycles. The predicted octanol–water partition coefficient (Wildman–Crippen LogP) is 3.21. The molecular formula is C13H16BrN3O. The molecule has 0 radical (unpaired) electrons. The van der Waals surface area contributed by atoms with Gasteiger partial charge < -0.3 is 9.84 Å². The molecule has 0 saturated carbocycles. The van der Waals surface area contributed by atoms with Gasteiger partial charge in [-0.15, -0.1) is 0 Å². The van der Waals surface area contributed by atoms with Crippen molar-refractivity contribution < 1.29 is 4.52 Å². The van der Waals surface area contributed by atoms with Gasteiger partial charge >= 0.3 is 0 Å². The van der Waals surface area contributed by atoms with E-state index in [1.807, 2.05) is 31.3 Å². The Kier molecular flexibility index (Phi) is 4.14. The molecule has 1 N–H and O–H groups in total. The molecule has 0 spiro atoms. The van der Waals surface area contributed by atoms with Crippen LogP contribution < -0.4 is 5.32 Å². The first-order valence-corrected chi connectivity index (χ1v) is 6.68. The van der Waals surface area contributed by atoms with E-state index in [0.717, 1.165) is 10.0 Å². The molecule has 1 aromatic carbocycles. The molecule has 4 nitrogen and oxygen atoms in total. The minimum absolute atomic E-state index is 0.184. The molecule has 1 aromatic heterocycles. The predicted molar refractivity (Wildman–Crippen MR) is 74.4 cm³/mol. The standard InChI is InChI=1S/C13H16BrN3O/c1-8(9(2)15-3)13-16-12(17-18-13)10-5-4-6-11(14)7-10/h4-9,15H,1-3H3. The number of aromatic nitrogens is 2. The van der Waals surface area contributed by atoms with E-state index in [1.54, 1.807) is 0 Å². The van der Waals surface area contributed by atoms with Crippen molar-refractivity contribution in [3.63, 3.8) is 0 Å². The molecule has 0 aliphatic carbocycles. The van der Waals surface area contributed by atoms with Crippen molar-refractivity contribution >= 4 is 15.9 Å². The Bertz CT molecular complexity index is 526. The van der Waals surface area contributed by atoms with Crippen molar-refractivity contribution in [2.45, 2.75) is 25.8 Å². The van der Waals surface area contributed by atoms with Gasteiger partial charge in [0.1, 0.15) is 0 Å². The number of nitrogens with zero attached hydrogens (tertiary/aromatic N) is 2. The molecule has 0 aliphatic rings. The summed E-state index contributed by atoms with van der Waals surface area (Å²) in [4.78, 5) is 4.45. The maximum absolute atomic E-state index is 5.33. The minimum Gasteiger partial charge on any atom is -0.339 e. The van der Waals surface area contributed by atoms with Crippen LogP contribution in [0.2, 0.25) is 0 Å². The quantitative estimate of drug-likeness (QED) is 0.942. The molecule has 0 fully saturated rings. The molecule has 5 heteroatoms. The number of benzene rings is 1. The first kappa shape index (κ1) is 13.2. The van der Waals surface area contributed by atoms with Crippen molar-refractivity contribution in [2.24, 2.45) is 0 Å². The zero-order valence-electron chi connectivity index (χ0n) is 10.6. The summed E-state index contributed by atoms with van der Waals surface area (Å²) < 4.78 is 6.33. The van der Waals surface area contributed by atoms with Gasteiger partial charge in [-0.3, -0.25) is 0 Å². The average molecular weight is 310 g/mol. The zero-order valence-corrected chi connectivity index (χ0v) is 12.2. The van der Waals surface area contributed by atoms with Crippen LogP contribution in [-0.4, -0.2) is 23.2 Å². The maximum Gasteiger partial charge on any atom is 0.231 e. The van der Waals surface area contributed by atoms with Gasteiger partial charge in [0.25, 0.3) is 0 Å².